The van der Waals surface area contributed by atoms with Crippen LogP contribution in [0.5, 0.6) is 11.5 Å². The first-order valence-corrected chi connectivity index (χ1v) is 12.4. The highest BCUT2D eigenvalue weighted by Gasteiger charge is 2.35. The van der Waals surface area contributed by atoms with E-state index in [2.05, 4.69) is 16.5 Å². The minimum absolute atomic E-state index is 0.0418. The predicted molar refractivity (Wildman–Crippen MR) is 135 cm³/mol. The van der Waals surface area contributed by atoms with Gasteiger partial charge >= 0.3 is 6.18 Å². The van der Waals surface area contributed by atoms with Gasteiger partial charge in [0.05, 0.1) is 18.6 Å². The van der Waals surface area contributed by atoms with E-state index >= 15 is 0 Å². The van der Waals surface area contributed by atoms with Crippen molar-refractivity contribution in [3.63, 3.8) is 0 Å². The fourth-order valence-corrected chi connectivity index (χ4v) is 5.03. The van der Waals surface area contributed by atoms with Crippen molar-refractivity contribution in [2.45, 2.75) is 20.0 Å². The minimum Gasteiger partial charge on any atom is -0.493 e. The highest BCUT2D eigenvalue weighted by atomic mass is 32.1. The molecule has 188 valence electrons. The molecule has 0 fully saturated rings. The van der Waals surface area contributed by atoms with Crippen molar-refractivity contribution in [3.05, 3.63) is 70.1 Å². The van der Waals surface area contributed by atoms with E-state index in [-0.39, 0.29) is 17.4 Å². The zero-order valence-electron chi connectivity index (χ0n) is 19.5. The van der Waals surface area contributed by atoms with Gasteiger partial charge in [0.15, 0.2) is 27.3 Å². The molecule has 1 aromatic carbocycles. The van der Waals surface area contributed by atoms with Gasteiger partial charge < -0.3 is 9.47 Å². The topological polar surface area (TPSA) is 69.0 Å². The van der Waals surface area contributed by atoms with Crippen molar-refractivity contribution >= 4 is 50.8 Å². The van der Waals surface area contributed by atoms with E-state index in [1.165, 1.54) is 23.3 Å². The Morgan fingerprint density at radius 2 is 2.03 bits per heavy atom. The Kier molecular flexibility index (Phi) is 7.18. The van der Waals surface area contributed by atoms with Crippen LogP contribution >= 0.6 is 22.7 Å². The number of nitrogens with zero attached hydrogens (tertiary/aromatic N) is 4. The van der Waals surface area contributed by atoms with E-state index in [9.17, 15) is 18.0 Å². The first kappa shape index (κ1) is 25.5. The van der Waals surface area contributed by atoms with Crippen LogP contribution in [0.15, 0.2) is 47.5 Å². The number of hydrogen-bond donors (Lipinski definition) is 0. The van der Waals surface area contributed by atoms with Crippen molar-refractivity contribution in [3.8, 4) is 11.5 Å². The zero-order chi connectivity index (χ0) is 26.0. The number of amides is 1. The molecule has 4 aromatic rings. The second-order valence-corrected chi connectivity index (χ2v) is 9.19. The quantitative estimate of drug-likeness (QED) is 0.237. The third-order valence-corrected chi connectivity index (χ3v) is 6.61. The van der Waals surface area contributed by atoms with Gasteiger partial charge in [-0.1, -0.05) is 18.7 Å². The maximum atomic E-state index is 13.6. The highest BCUT2D eigenvalue weighted by Crippen LogP contribution is 2.35. The summed E-state index contributed by atoms with van der Waals surface area (Å²) in [6.45, 7) is 7.28. The van der Waals surface area contributed by atoms with Crippen molar-refractivity contribution < 1.29 is 27.4 Å². The van der Waals surface area contributed by atoms with Gasteiger partial charge in [0.2, 0.25) is 0 Å². The fourth-order valence-electron chi connectivity index (χ4n) is 3.42. The molecule has 36 heavy (non-hydrogen) atoms. The number of alkyl halides is 3. The molecular formula is C24H21F3N4O3S2. The van der Waals surface area contributed by atoms with Crippen LogP contribution in [0.1, 0.15) is 41.3 Å². The zero-order valence-corrected chi connectivity index (χ0v) is 21.1. The van der Waals surface area contributed by atoms with Crippen LogP contribution in [-0.4, -0.2) is 33.9 Å². The molecule has 0 bridgehead atoms. The lowest BCUT2D eigenvalue weighted by molar-refractivity contribution is -0.140. The number of thiazole rings is 2. The van der Waals surface area contributed by atoms with Gasteiger partial charge in [0.1, 0.15) is 5.69 Å². The number of imidazole rings is 1. The monoisotopic (exact) mass is 534 g/mol. The van der Waals surface area contributed by atoms with Gasteiger partial charge in [0.25, 0.3) is 5.91 Å². The van der Waals surface area contributed by atoms with E-state index in [1.54, 1.807) is 54.1 Å². The molecule has 7 nitrogen and oxygen atoms in total. The maximum Gasteiger partial charge on any atom is 0.434 e. The first-order valence-electron chi connectivity index (χ1n) is 10.6. The fraction of sp³-hybridized carbons (Fsp3) is 0.208. The number of carbonyl (C=O) groups excluding carboxylic acids is 1. The second kappa shape index (κ2) is 10.2. The first-order chi connectivity index (χ1) is 17.1. The van der Waals surface area contributed by atoms with Crippen molar-refractivity contribution in [2.24, 2.45) is 0 Å². The third kappa shape index (κ3) is 5.00. The van der Waals surface area contributed by atoms with Crippen molar-refractivity contribution in [1.82, 2.24) is 14.4 Å². The SMILES string of the molecule is C=C(C)Oc1c(/C=C/c2nc3sccn3c2C(=O)N(CC)c2nc(C(F)(F)F)cs2)cccc1OC. The molecular weight excluding hydrogens is 513 g/mol. The lowest BCUT2D eigenvalue weighted by atomic mass is 10.1. The summed E-state index contributed by atoms with van der Waals surface area (Å²) in [5.74, 6) is 0.905. The molecule has 1 amide bonds. The summed E-state index contributed by atoms with van der Waals surface area (Å²) in [6, 6.07) is 5.35. The molecule has 0 N–H and O–H groups in total. The number of methoxy groups -OCH3 is 1. The summed E-state index contributed by atoms with van der Waals surface area (Å²) < 4.78 is 52.0. The molecule has 12 heteroatoms. The van der Waals surface area contributed by atoms with Gasteiger partial charge in [0, 0.05) is 29.1 Å². The van der Waals surface area contributed by atoms with Gasteiger partial charge in [-0.05, 0) is 32.1 Å². The molecule has 0 atom stereocenters. The summed E-state index contributed by atoms with van der Waals surface area (Å²) >= 11 is 2.09. The van der Waals surface area contributed by atoms with Gasteiger partial charge in [-0.3, -0.25) is 14.1 Å². The molecule has 3 heterocycles. The van der Waals surface area contributed by atoms with E-state index < -0.39 is 17.8 Å². The molecule has 0 aliphatic heterocycles. The number of fused-ring (bicyclic) bond motifs is 1. The molecule has 0 spiro atoms. The van der Waals surface area contributed by atoms with Gasteiger partial charge in [-0.15, -0.1) is 22.7 Å². The van der Waals surface area contributed by atoms with Gasteiger partial charge in [-0.25, -0.2) is 9.97 Å². The number of halogens is 3. The number of anilines is 1. The van der Waals surface area contributed by atoms with E-state index in [1.807, 2.05) is 6.07 Å². The lowest BCUT2D eigenvalue weighted by Crippen LogP contribution is -2.32. The number of allylic oxidation sites excluding steroid dienone is 1. The number of hydrogen-bond acceptors (Lipinski definition) is 7. The summed E-state index contributed by atoms with van der Waals surface area (Å²) in [7, 11) is 1.52. The van der Waals surface area contributed by atoms with E-state index in [0.717, 1.165) is 16.7 Å². The Morgan fingerprint density at radius 1 is 1.25 bits per heavy atom. The number of aromatic nitrogens is 3. The Bertz CT molecular complexity index is 1450. The van der Waals surface area contributed by atoms with Crippen LogP contribution in [-0.2, 0) is 6.18 Å². The minimum atomic E-state index is -4.59. The Labute approximate surface area is 212 Å². The van der Waals surface area contributed by atoms with Gasteiger partial charge in [-0.2, -0.15) is 13.2 Å². The number of rotatable bonds is 8. The van der Waals surface area contributed by atoms with Crippen LogP contribution in [0.4, 0.5) is 18.3 Å². The van der Waals surface area contributed by atoms with Crippen LogP contribution in [0.3, 0.4) is 0 Å². The predicted octanol–water partition coefficient (Wildman–Crippen LogP) is 6.63. The summed E-state index contributed by atoms with van der Waals surface area (Å²) in [5.41, 5.74) is 0.181. The Morgan fingerprint density at radius 3 is 2.67 bits per heavy atom. The van der Waals surface area contributed by atoms with Crippen molar-refractivity contribution in [1.29, 1.82) is 0 Å². The average molecular weight is 535 g/mol. The Hall–Kier alpha value is -3.64. The standard InChI is InChI=1S/C24H21F3N4O3S2/c1-5-30(23-29-18(13-36-23)24(25,26)27)21(32)19-16(28-22-31(19)11-12-35-22)10-9-15-7-6-8-17(33-4)20(15)34-14(2)3/h6-13H,2,5H2,1,3-4H3/b10-9+. The largest absolute Gasteiger partial charge is 0.493 e. The smallest absolute Gasteiger partial charge is 0.434 e. The van der Waals surface area contributed by atoms with E-state index in [4.69, 9.17) is 9.47 Å². The molecule has 3 aromatic heterocycles. The summed E-state index contributed by atoms with van der Waals surface area (Å²) in [4.78, 5) is 23.6. The molecule has 0 saturated heterocycles. The normalized spacial score (nSPS) is 11.8. The van der Waals surface area contributed by atoms with Crippen LogP contribution < -0.4 is 14.4 Å². The molecule has 0 unspecified atom stereocenters. The van der Waals surface area contributed by atoms with Crippen molar-refractivity contribution in [2.75, 3.05) is 18.6 Å². The average Bonchev–Trinajstić information content (AvgIpc) is 3.54. The Balaban J connectivity index is 1.76. The van der Waals surface area contributed by atoms with E-state index in [0.29, 0.717) is 33.5 Å². The molecule has 0 radical (unpaired) electrons. The summed E-state index contributed by atoms with van der Waals surface area (Å²) in [6.07, 6.45) is 0.480. The highest BCUT2D eigenvalue weighted by molar-refractivity contribution is 7.15. The second-order valence-electron chi connectivity index (χ2n) is 7.48. The van der Waals surface area contributed by atoms with Crippen LogP contribution in [0.2, 0.25) is 0 Å². The number of benzene rings is 1. The third-order valence-electron chi connectivity index (χ3n) is 4.99. The lowest BCUT2D eigenvalue weighted by Gasteiger charge is -2.17. The molecule has 4 rings (SSSR count). The molecule has 0 aliphatic carbocycles. The maximum absolute atomic E-state index is 13.6. The number of carbonyl (C=O) groups is 1. The van der Waals surface area contributed by atoms with Crippen LogP contribution in [0.25, 0.3) is 17.1 Å². The molecule has 0 aliphatic rings. The van der Waals surface area contributed by atoms with Crippen LogP contribution in [0, 0.1) is 0 Å². The molecule has 0 saturated carbocycles. The summed E-state index contributed by atoms with van der Waals surface area (Å²) in [5, 5.41) is 2.63. The number of para-hydroxylation sites is 1. The number of ether oxygens (including phenoxy) is 2.